The minimum absolute atomic E-state index is 0.0692. The Kier molecular flexibility index (Phi) is 8.22. The molecule has 0 spiro atoms. The maximum absolute atomic E-state index is 14.2. The van der Waals surface area contributed by atoms with Crippen LogP contribution in [0.4, 0.5) is 0 Å². The van der Waals surface area contributed by atoms with Gasteiger partial charge in [-0.1, -0.05) is 80.9 Å². The van der Waals surface area contributed by atoms with Crippen LogP contribution in [-0.4, -0.2) is 26.9 Å². The molecule has 5 nitrogen and oxygen atoms in total. The summed E-state index contributed by atoms with van der Waals surface area (Å²) in [4.78, 5) is 34.9. The van der Waals surface area contributed by atoms with Crippen molar-refractivity contribution in [3.05, 3.63) is 106 Å². The van der Waals surface area contributed by atoms with Crippen LogP contribution in [0.2, 0.25) is 0 Å². The molecule has 0 saturated heterocycles. The van der Waals surface area contributed by atoms with Crippen LogP contribution in [0.5, 0.6) is 0 Å². The van der Waals surface area contributed by atoms with Crippen LogP contribution in [-0.2, 0) is 4.79 Å². The summed E-state index contributed by atoms with van der Waals surface area (Å²) >= 11 is 0. The van der Waals surface area contributed by atoms with Gasteiger partial charge in [-0.25, -0.2) is 4.98 Å². The molecule has 0 aliphatic carbocycles. The highest BCUT2D eigenvalue weighted by Gasteiger charge is 2.31. The van der Waals surface area contributed by atoms with Crippen LogP contribution in [0.3, 0.4) is 0 Å². The van der Waals surface area contributed by atoms with Crippen molar-refractivity contribution in [1.29, 1.82) is 0 Å². The number of benzene rings is 3. The lowest BCUT2D eigenvalue weighted by atomic mass is 9.94. The van der Waals surface area contributed by atoms with Gasteiger partial charge < -0.3 is 4.90 Å². The number of hydrogen-bond donors (Lipinski definition) is 0. The molecule has 0 aliphatic rings. The van der Waals surface area contributed by atoms with E-state index in [1.165, 1.54) is 0 Å². The van der Waals surface area contributed by atoms with Crippen molar-refractivity contribution in [3.63, 3.8) is 0 Å². The number of nitrogens with zero attached hydrogens (tertiary/aromatic N) is 3. The van der Waals surface area contributed by atoms with E-state index < -0.39 is 6.04 Å². The minimum atomic E-state index is -0.400. The lowest BCUT2D eigenvalue weighted by Crippen LogP contribution is -2.40. The third kappa shape index (κ3) is 5.66. The van der Waals surface area contributed by atoms with E-state index in [1.807, 2.05) is 97.6 Å². The Morgan fingerprint density at radius 1 is 0.919 bits per heavy atom. The summed E-state index contributed by atoms with van der Waals surface area (Å²) in [7, 11) is 0. The molecule has 0 aliphatic heterocycles. The quantitative estimate of drug-likeness (QED) is 0.256. The Balaban J connectivity index is 1.87. The standard InChI is InChI=1S/C32H37N3O2/c1-6-27(25-12-8-7-9-13-25)31(36)34(21-20-22(2)3)24(5)30-33-29-15-11-10-14-28(29)32(37)35(30)26-18-16-23(4)17-19-26/h7-19,22,24,27H,6,20-21H2,1-5H3. The molecule has 2 atom stereocenters. The molecule has 0 fully saturated rings. The van der Waals surface area contributed by atoms with Gasteiger partial charge in [-0.3, -0.25) is 14.2 Å². The molecule has 1 amide bonds. The molecule has 3 aromatic carbocycles. The fraction of sp³-hybridized carbons (Fsp3) is 0.344. The van der Waals surface area contributed by atoms with Gasteiger partial charge in [-0.2, -0.15) is 0 Å². The number of para-hydroxylation sites is 1. The first-order chi connectivity index (χ1) is 17.8. The Bertz CT molecular complexity index is 1410. The molecule has 0 radical (unpaired) electrons. The number of fused-ring (bicyclic) bond motifs is 1. The van der Waals surface area contributed by atoms with Gasteiger partial charge in [0.05, 0.1) is 28.6 Å². The van der Waals surface area contributed by atoms with Crippen LogP contribution in [0.15, 0.2) is 83.7 Å². The second-order valence-corrected chi connectivity index (χ2v) is 10.2. The van der Waals surface area contributed by atoms with Crippen molar-refractivity contribution >= 4 is 16.8 Å². The summed E-state index contributed by atoms with van der Waals surface area (Å²) in [5.74, 6) is 0.825. The predicted octanol–water partition coefficient (Wildman–Crippen LogP) is 6.82. The first-order valence-electron chi connectivity index (χ1n) is 13.3. The lowest BCUT2D eigenvalue weighted by Gasteiger charge is -2.34. The third-order valence-electron chi connectivity index (χ3n) is 7.07. The number of carbonyl (C=O) groups is 1. The number of hydrogen-bond acceptors (Lipinski definition) is 3. The molecule has 4 aromatic rings. The zero-order valence-corrected chi connectivity index (χ0v) is 22.5. The summed E-state index contributed by atoms with van der Waals surface area (Å²) in [5.41, 5.74) is 3.40. The van der Waals surface area contributed by atoms with Crippen LogP contribution >= 0.6 is 0 Å². The predicted molar refractivity (Wildman–Crippen MR) is 151 cm³/mol. The van der Waals surface area contributed by atoms with Gasteiger partial charge in [-0.05, 0) is 62.4 Å². The zero-order valence-electron chi connectivity index (χ0n) is 22.5. The Morgan fingerprint density at radius 2 is 1.57 bits per heavy atom. The Labute approximate surface area is 219 Å². The Hall–Kier alpha value is -3.73. The van der Waals surface area contributed by atoms with E-state index in [2.05, 4.69) is 20.8 Å². The second kappa shape index (κ2) is 11.5. The highest BCUT2D eigenvalue weighted by molar-refractivity contribution is 5.84. The average Bonchev–Trinajstić information content (AvgIpc) is 2.90. The number of carbonyl (C=O) groups excluding carboxylic acids is 1. The summed E-state index contributed by atoms with van der Waals surface area (Å²) in [6.07, 6.45) is 1.56. The largest absolute Gasteiger partial charge is 0.332 e. The first kappa shape index (κ1) is 26.3. The van der Waals surface area contributed by atoms with Gasteiger partial charge in [0.25, 0.3) is 5.56 Å². The smallest absolute Gasteiger partial charge is 0.266 e. The maximum Gasteiger partial charge on any atom is 0.266 e. The topological polar surface area (TPSA) is 55.2 Å². The number of aromatic nitrogens is 2. The van der Waals surface area contributed by atoms with Gasteiger partial charge >= 0.3 is 0 Å². The molecule has 0 bridgehead atoms. The van der Waals surface area contributed by atoms with E-state index in [9.17, 15) is 9.59 Å². The van der Waals surface area contributed by atoms with Crippen molar-refractivity contribution in [2.45, 2.75) is 59.4 Å². The maximum atomic E-state index is 14.2. The normalized spacial score (nSPS) is 13.0. The molecule has 1 aromatic heterocycles. The lowest BCUT2D eigenvalue weighted by molar-refractivity contribution is -0.135. The molecule has 5 heteroatoms. The molecule has 4 rings (SSSR count). The number of aryl methyl sites for hydroxylation is 1. The average molecular weight is 496 g/mol. The van der Waals surface area contributed by atoms with Crippen LogP contribution in [0.25, 0.3) is 16.6 Å². The fourth-order valence-electron chi connectivity index (χ4n) is 4.84. The highest BCUT2D eigenvalue weighted by Crippen LogP contribution is 2.29. The van der Waals surface area contributed by atoms with E-state index in [0.29, 0.717) is 35.6 Å². The number of rotatable bonds is 9. The van der Waals surface area contributed by atoms with E-state index >= 15 is 0 Å². The van der Waals surface area contributed by atoms with Crippen LogP contribution in [0.1, 0.15) is 69.4 Å². The molecule has 0 N–H and O–H groups in total. The minimum Gasteiger partial charge on any atom is -0.332 e. The van der Waals surface area contributed by atoms with Crippen LogP contribution in [0, 0.1) is 12.8 Å². The Morgan fingerprint density at radius 3 is 2.22 bits per heavy atom. The van der Waals surface area contributed by atoms with E-state index in [4.69, 9.17) is 4.98 Å². The van der Waals surface area contributed by atoms with Crippen molar-refractivity contribution < 1.29 is 4.79 Å². The van der Waals surface area contributed by atoms with Crippen molar-refractivity contribution in [3.8, 4) is 5.69 Å². The van der Waals surface area contributed by atoms with E-state index in [-0.39, 0.29) is 17.4 Å². The van der Waals surface area contributed by atoms with Crippen molar-refractivity contribution in [2.24, 2.45) is 5.92 Å². The SMILES string of the molecule is CCC(C(=O)N(CCC(C)C)C(C)c1nc2ccccc2c(=O)n1-c1ccc(C)cc1)c1ccccc1. The van der Waals surface area contributed by atoms with Gasteiger partial charge in [0.1, 0.15) is 5.82 Å². The zero-order chi connectivity index (χ0) is 26.5. The molecule has 1 heterocycles. The van der Waals surface area contributed by atoms with Gasteiger partial charge in [0, 0.05) is 6.54 Å². The molecule has 192 valence electrons. The molecular weight excluding hydrogens is 458 g/mol. The van der Waals surface area contributed by atoms with Gasteiger partial charge in [-0.15, -0.1) is 0 Å². The third-order valence-corrected chi connectivity index (χ3v) is 7.07. The summed E-state index contributed by atoms with van der Waals surface area (Å²) < 4.78 is 1.69. The summed E-state index contributed by atoms with van der Waals surface area (Å²) in [6, 6.07) is 24.9. The summed E-state index contributed by atoms with van der Waals surface area (Å²) in [6.45, 7) is 11.0. The second-order valence-electron chi connectivity index (χ2n) is 10.2. The van der Waals surface area contributed by atoms with Crippen LogP contribution < -0.4 is 5.56 Å². The first-order valence-corrected chi connectivity index (χ1v) is 13.3. The molecule has 0 saturated carbocycles. The van der Waals surface area contributed by atoms with Crippen molar-refractivity contribution in [1.82, 2.24) is 14.5 Å². The van der Waals surface area contributed by atoms with Gasteiger partial charge in [0.15, 0.2) is 0 Å². The van der Waals surface area contributed by atoms with Gasteiger partial charge in [0.2, 0.25) is 5.91 Å². The molecular formula is C32H37N3O2. The molecule has 2 unspecified atom stereocenters. The molecule has 37 heavy (non-hydrogen) atoms. The number of amides is 1. The monoisotopic (exact) mass is 495 g/mol. The van der Waals surface area contributed by atoms with Crippen molar-refractivity contribution in [2.75, 3.05) is 6.54 Å². The highest BCUT2D eigenvalue weighted by atomic mass is 16.2. The van der Waals surface area contributed by atoms with E-state index in [1.54, 1.807) is 4.57 Å². The summed E-state index contributed by atoms with van der Waals surface area (Å²) in [5, 5.41) is 0.565. The fourth-order valence-corrected chi connectivity index (χ4v) is 4.84. The van der Waals surface area contributed by atoms with E-state index in [0.717, 1.165) is 23.2 Å².